The summed E-state index contributed by atoms with van der Waals surface area (Å²) in [5, 5.41) is 0. The number of esters is 1. The van der Waals surface area contributed by atoms with Gasteiger partial charge in [0.05, 0.1) is 34.4 Å². The molecule has 0 aromatic heterocycles. The van der Waals surface area contributed by atoms with Gasteiger partial charge >= 0.3 is 5.97 Å². The molecule has 2 unspecified atom stereocenters. The lowest BCUT2D eigenvalue weighted by Crippen LogP contribution is -2.37. The first kappa shape index (κ1) is 65.6. The molecule has 0 aliphatic carbocycles. The van der Waals surface area contributed by atoms with Gasteiger partial charge in [-0.25, -0.2) is 0 Å². The SMILES string of the molecule is CC/C=C\C/C=C\C/C=C\C/C=C\C/C=C\C/C=C\C/C=C\CCCCCCOCC(COP(=O)([O-])OCC[N+](C)(C)C)OC(=O)CCCCCCCCCC/C=C\C/C=C\C/C=C\C/C=C\CC. The topological polar surface area (TPSA) is 94.1 Å². The molecule has 2 atom stereocenters. The molecule has 0 bridgehead atoms. The van der Waals surface area contributed by atoms with Crippen molar-refractivity contribution in [1.29, 1.82) is 0 Å². The van der Waals surface area contributed by atoms with E-state index in [-0.39, 0.29) is 32.2 Å². The highest BCUT2D eigenvalue weighted by Crippen LogP contribution is 2.38. The number of carbonyl (C=O) groups excluding carboxylic acids is 1. The van der Waals surface area contributed by atoms with Crippen LogP contribution in [0, 0.1) is 0 Å². The lowest BCUT2D eigenvalue weighted by molar-refractivity contribution is -0.870. The molecule has 0 aromatic carbocycles. The Labute approximate surface area is 424 Å². The molecular formula is C60H100NO7P. The van der Waals surface area contributed by atoms with Crippen LogP contribution < -0.4 is 4.89 Å². The van der Waals surface area contributed by atoms with Gasteiger partial charge in [0.25, 0.3) is 7.82 Å². The van der Waals surface area contributed by atoms with E-state index in [2.05, 4.69) is 148 Å². The number of carbonyl (C=O) groups is 1. The van der Waals surface area contributed by atoms with Crippen LogP contribution in [0.25, 0.3) is 0 Å². The summed E-state index contributed by atoms with van der Waals surface area (Å²) in [5.74, 6) is -0.358. The zero-order valence-electron chi connectivity index (χ0n) is 44.5. The lowest BCUT2D eigenvalue weighted by Gasteiger charge is -2.28. The van der Waals surface area contributed by atoms with E-state index in [1.54, 1.807) is 0 Å². The predicted octanol–water partition coefficient (Wildman–Crippen LogP) is 16.4. The second-order valence-corrected chi connectivity index (χ2v) is 19.9. The average molecular weight is 978 g/mol. The third kappa shape index (κ3) is 55.4. The quantitative estimate of drug-likeness (QED) is 0.0197. The van der Waals surface area contributed by atoms with Crippen molar-refractivity contribution in [2.75, 3.05) is 54.1 Å². The molecule has 0 saturated heterocycles. The van der Waals surface area contributed by atoms with Crippen molar-refractivity contribution in [3.8, 4) is 0 Å². The molecule has 0 amide bonds. The monoisotopic (exact) mass is 978 g/mol. The van der Waals surface area contributed by atoms with Crippen LogP contribution >= 0.6 is 7.82 Å². The second kappa shape index (κ2) is 51.0. The van der Waals surface area contributed by atoms with E-state index in [4.69, 9.17) is 18.5 Å². The fourth-order valence-corrected chi connectivity index (χ4v) is 7.36. The van der Waals surface area contributed by atoms with Gasteiger partial charge in [0.1, 0.15) is 19.3 Å². The fraction of sp³-hybridized carbons (Fsp3) is 0.617. The highest BCUT2D eigenvalue weighted by Gasteiger charge is 2.20. The summed E-state index contributed by atoms with van der Waals surface area (Å²) < 4.78 is 34.7. The standard InChI is InChI=1S/C60H100NO7P/c1-6-8-10-12-14-16-18-20-22-24-26-28-29-30-31-32-34-36-38-40-42-44-46-48-50-52-55-65-57-59(58-67-69(63,64)66-56-54-61(3,4)5)68-60(62)53-51-49-47-45-43-41-39-37-35-33-27-25-23-21-19-17-15-13-11-9-7-2/h8-11,14-17,20-23,26-28,30-31,33-34,36,40,42,59H,6-7,12-13,18-19,24-25,29,32,35,37-39,41,43-58H2,1-5H3/b10-8-,11-9-,16-14-,17-15-,22-20-,23-21-,28-26-,31-30-,33-27-,36-34-,42-40-. The Morgan fingerprint density at radius 3 is 1.19 bits per heavy atom. The maximum absolute atomic E-state index is 12.8. The highest BCUT2D eigenvalue weighted by atomic mass is 31.2. The smallest absolute Gasteiger partial charge is 0.306 e. The van der Waals surface area contributed by atoms with Crippen molar-refractivity contribution in [3.05, 3.63) is 134 Å². The number of phosphoric ester groups is 1. The number of allylic oxidation sites excluding steroid dienone is 22. The number of unbranched alkanes of at least 4 members (excludes halogenated alkanes) is 12. The molecule has 0 aromatic rings. The van der Waals surface area contributed by atoms with Crippen molar-refractivity contribution >= 4 is 13.8 Å². The summed E-state index contributed by atoms with van der Waals surface area (Å²) in [4.78, 5) is 25.2. The summed E-state index contributed by atoms with van der Waals surface area (Å²) in [7, 11) is 1.31. The van der Waals surface area contributed by atoms with Gasteiger partial charge in [-0.3, -0.25) is 9.36 Å². The molecular weight excluding hydrogens is 878 g/mol. The largest absolute Gasteiger partial charge is 0.756 e. The molecule has 8 nitrogen and oxygen atoms in total. The Morgan fingerprint density at radius 1 is 0.449 bits per heavy atom. The summed E-state index contributed by atoms with van der Waals surface area (Å²) >= 11 is 0. The molecule has 0 saturated carbocycles. The van der Waals surface area contributed by atoms with Crippen LogP contribution in [-0.2, 0) is 27.9 Å². The number of rotatable bonds is 48. The molecule has 0 aliphatic rings. The number of hydrogen-bond acceptors (Lipinski definition) is 7. The molecule has 0 radical (unpaired) electrons. The molecule has 9 heteroatoms. The number of nitrogens with zero attached hydrogens (tertiary/aromatic N) is 1. The molecule has 0 aliphatic heterocycles. The minimum Gasteiger partial charge on any atom is -0.756 e. The molecule has 69 heavy (non-hydrogen) atoms. The van der Waals surface area contributed by atoms with E-state index in [1.165, 1.54) is 25.7 Å². The van der Waals surface area contributed by atoms with Crippen LogP contribution in [0.2, 0.25) is 0 Å². The second-order valence-electron chi connectivity index (χ2n) is 18.5. The molecule has 392 valence electrons. The zero-order valence-corrected chi connectivity index (χ0v) is 45.3. The molecule has 0 fully saturated rings. The van der Waals surface area contributed by atoms with Crippen LogP contribution in [0.4, 0.5) is 0 Å². The lowest BCUT2D eigenvalue weighted by atomic mass is 10.1. The van der Waals surface area contributed by atoms with Crippen molar-refractivity contribution in [2.45, 2.75) is 187 Å². The minimum absolute atomic E-state index is 0.0104. The fourth-order valence-electron chi connectivity index (χ4n) is 6.63. The van der Waals surface area contributed by atoms with Crippen LogP contribution in [0.1, 0.15) is 181 Å². The first-order valence-corrected chi connectivity index (χ1v) is 28.4. The Morgan fingerprint density at radius 2 is 0.797 bits per heavy atom. The summed E-state index contributed by atoms with van der Waals surface area (Å²) in [6.07, 6.45) is 74.8. The van der Waals surface area contributed by atoms with E-state index < -0.39 is 13.9 Å². The number of quaternary nitrogens is 1. The van der Waals surface area contributed by atoms with Crippen LogP contribution in [0.15, 0.2) is 134 Å². The van der Waals surface area contributed by atoms with Crippen molar-refractivity contribution in [2.24, 2.45) is 0 Å². The number of hydrogen-bond donors (Lipinski definition) is 0. The third-order valence-electron chi connectivity index (χ3n) is 10.7. The minimum atomic E-state index is -4.55. The zero-order chi connectivity index (χ0) is 50.5. The van der Waals surface area contributed by atoms with E-state index in [0.717, 1.165) is 135 Å². The van der Waals surface area contributed by atoms with E-state index in [0.29, 0.717) is 17.6 Å². The Kier molecular flexibility index (Phi) is 48.5. The summed E-state index contributed by atoms with van der Waals surface area (Å²) in [6, 6.07) is 0. The van der Waals surface area contributed by atoms with Crippen LogP contribution in [0.5, 0.6) is 0 Å². The maximum atomic E-state index is 12.8. The van der Waals surface area contributed by atoms with Gasteiger partial charge in [0.2, 0.25) is 0 Å². The Balaban J connectivity index is 4.25. The number of ether oxygens (including phenoxy) is 2. The van der Waals surface area contributed by atoms with E-state index >= 15 is 0 Å². The van der Waals surface area contributed by atoms with Gasteiger partial charge in [-0.15, -0.1) is 0 Å². The molecule has 0 N–H and O–H groups in total. The van der Waals surface area contributed by atoms with Gasteiger partial charge in [0.15, 0.2) is 0 Å². The van der Waals surface area contributed by atoms with Crippen LogP contribution in [-0.4, -0.2) is 70.7 Å². The first-order valence-electron chi connectivity index (χ1n) is 26.9. The van der Waals surface area contributed by atoms with Gasteiger partial charge < -0.3 is 27.9 Å². The van der Waals surface area contributed by atoms with Crippen molar-refractivity contribution in [3.63, 3.8) is 0 Å². The predicted molar refractivity (Wildman–Crippen MR) is 295 cm³/mol. The molecule has 0 spiro atoms. The Bertz CT molecular complexity index is 1560. The van der Waals surface area contributed by atoms with Gasteiger partial charge in [0, 0.05) is 13.0 Å². The average Bonchev–Trinajstić information content (AvgIpc) is 3.31. The third-order valence-corrected chi connectivity index (χ3v) is 11.7. The Hall–Kier alpha value is -3.36. The summed E-state index contributed by atoms with van der Waals surface area (Å²) in [6.45, 7) is 5.08. The van der Waals surface area contributed by atoms with Gasteiger partial charge in [-0.05, 0) is 109 Å². The van der Waals surface area contributed by atoms with Gasteiger partial charge in [-0.2, -0.15) is 0 Å². The molecule has 0 rings (SSSR count). The van der Waals surface area contributed by atoms with Crippen LogP contribution in [0.3, 0.4) is 0 Å². The van der Waals surface area contributed by atoms with E-state index in [1.807, 2.05) is 21.1 Å². The highest BCUT2D eigenvalue weighted by molar-refractivity contribution is 7.45. The number of phosphoric acid groups is 1. The normalized spacial score (nSPS) is 14.6. The first-order chi connectivity index (χ1) is 33.6. The van der Waals surface area contributed by atoms with Crippen molar-refractivity contribution in [1.82, 2.24) is 0 Å². The van der Waals surface area contributed by atoms with E-state index in [9.17, 15) is 14.3 Å². The van der Waals surface area contributed by atoms with Crippen molar-refractivity contribution < 1.29 is 37.3 Å². The molecule has 0 heterocycles. The van der Waals surface area contributed by atoms with Gasteiger partial charge in [-0.1, -0.05) is 199 Å². The maximum Gasteiger partial charge on any atom is 0.306 e. The summed E-state index contributed by atoms with van der Waals surface area (Å²) in [5.41, 5.74) is 0. The number of likely N-dealkylation sites (N-methyl/N-ethyl adjacent to an activating group) is 1.